The van der Waals surface area contributed by atoms with Crippen molar-refractivity contribution in [1.29, 1.82) is 0 Å². The van der Waals surface area contributed by atoms with E-state index >= 15 is 0 Å². The van der Waals surface area contributed by atoms with Gasteiger partial charge in [-0.25, -0.2) is 13.1 Å². The summed E-state index contributed by atoms with van der Waals surface area (Å²) in [6.07, 6.45) is 2.89. The molecular formula is C17H29N5O2S2. The molecule has 9 heteroatoms. The normalized spacial score (nSPS) is 19.0. The minimum atomic E-state index is -3.53. The summed E-state index contributed by atoms with van der Waals surface area (Å²) < 4.78 is 27.0. The molecule has 146 valence electrons. The molecule has 0 aromatic carbocycles. The number of nitrogens with zero attached hydrogens (tertiary/aromatic N) is 3. The molecule has 2 heterocycles. The van der Waals surface area contributed by atoms with Gasteiger partial charge in [0, 0.05) is 49.6 Å². The number of sulfonamides is 1. The van der Waals surface area contributed by atoms with Crippen LogP contribution >= 0.6 is 11.8 Å². The molecular weight excluding hydrogens is 370 g/mol. The Labute approximate surface area is 161 Å². The van der Waals surface area contributed by atoms with Gasteiger partial charge in [-0.15, -0.1) is 0 Å². The van der Waals surface area contributed by atoms with Crippen molar-refractivity contribution in [2.24, 2.45) is 10.9 Å². The summed E-state index contributed by atoms with van der Waals surface area (Å²) in [5.74, 6) is 2.57. The van der Waals surface area contributed by atoms with Crippen molar-refractivity contribution >= 4 is 27.7 Å². The van der Waals surface area contributed by atoms with E-state index in [2.05, 4.69) is 38.8 Å². The zero-order chi connectivity index (χ0) is 19.0. The lowest BCUT2D eigenvalue weighted by molar-refractivity contribution is 0.381. The molecule has 1 atom stereocenters. The van der Waals surface area contributed by atoms with Crippen LogP contribution in [-0.2, 0) is 10.0 Å². The van der Waals surface area contributed by atoms with Crippen molar-refractivity contribution in [3.05, 3.63) is 24.5 Å². The molecule has 1 aromatic rings. The third kappa shape index (κ3) is 6.14. The predicted molar refractivity (Wildman–Crippen MR) is 108 cm³/mol. The second kappa shape index (κ2) is 10.1. The summed E-state index contributed by atoms with van der Waals surface area (Å²) in [6.45, 7) is 9.89. The Morgan fingerprint density at radius 2 is 2.31 bits per heavy atom. The number of guanidine groups is 1. The Bertz CT molecular complexity index is 680. The number of thioether (sulfide) groups is 1. The molecule has 1 aromatic heterocycles. The molecule has 2 N–H and O–H groups in total. The average molecular weight is 400 g/mol. The van der Waals surface area contributed by atoms with Crippen LogP contribution in [0.4, 0.5) is 0 Å². The van der Waals surface area contributed by atoms with Gasteiger partial charge in [0.2, 0.25) is 10.0 Å². The van der Waals surface area contributed by atoms with E-state index in [1.165, 1.54) is 12.3 Å². The van der Waals surface area contributed by atoms with Gasteiger partial charge in [-0.3, -0.25) is 9.98 Å². The molecule has 1 fully saturated rings. The van der Waals surface area contributed by atoms with Gasteiger partial charge in [-0.05, 0) is 25.0 Å². The number of pyridine rings is 1. The van der Waals surface area contributed by atoms with Crippen LogP contribution in [-0.4, -0.2) is 68.0 Å². The van der Waals surface area contributed by atoms with Crippen LogP contribution in [0.3, 0.4) is 0 Å². The fraction of sp³-hybridized carbons (Fsp3) is 0.647. The third-order valence-electron chi connectivity index (χ3n) is 4.08. The van der Waals surface area contributed by atoms with Gasteiger partial charge in [0.15, 0.2) is 5.96 Å². The first-order chi connectivity index (χ1) is 12.4. The minimum Gasteiger partial charge on any atom is -0.357 e. The highest BCUT2D eigenvalue weighted by Gasteiger charge is 2.24. The first kappa shape index (κ1) is 21.0. The van der Waals surface area contributed by atoms with Gasteiger partial charge in [0.25, 0.3) is 0 Å². The van der Waals surface area contributed by atoms with Crippen molar-refractivity contribution in [2.75, 3.05) is 38.5 Å². The molecule has 1 unspecified atom stereocenters. The van der Waals surface area contributed by atoms with E-state index in [1.807, 2.05) is 18.7 Å². The fourth-order valence-corrected chi connectivity index (χ4v) is 4.91. The molecule has 2 rings (SSSR count). The van der Waals surface area contributed by atoms with E-state index in [9.17, 15) is 8.42 Å². The summed E-state index contributed by atoms with van der Waals surface area (Å²) in [5.41, 5.74) is 0. The van der Waals surface area contributed by atoms with E-state index in [1.54, 1.807) is 12.3 Å². The topological polar surface area (TPSA) is 86.7 Å². The molecule has 26 heavy (non-hydrogen) atoms. The lowest BCUT2D eigenvalue weighted by Crippen LogP contribution is -2.49. The van der Waals surface area contributed by atoms with Crippen LogP contribution in [0.2, 0.25) is 0 Å². The Morgan fingerprint density at radius 1 is 1.50 bits per heavy atom. The molecule has 1 saturated heterocycles. The van der Waals surface area contributed by atoms with Gasteiger partial charge in [-0.1, -0.05) is 13.8 Å². The van der Waals surface area contributed by atoms with Crippen LogP contribution < -0.4 is 10.0 Å². The average Bonchev–Trinajstić information content (AvgIpc) is 2.65. The highest BCUT2D eigenvalue weighted by Crippen LogP contribution is 2.24. The van der Waals surface area contributed by atoms with Gasteiger partial charge >= 0.3 is 0 Å². The number of aromatic nitrogens is 1. The third-order valence-corrected chi connectivity index (χ3v) is 7.07. The van der Waals surface area contributed by atoms with Crippen molar-refractivity contribution in [3.8, 4) is 0 Å². The van der Waals surface area contributed by atoms with E-state index in [0.717, 1.165) is 31.3 Å². The zero-order valence-electron chi connectivity index (χ0n) is 15.7. The Kier molecular flexibility index (Phi) is 8.17. The number of hydrogen-bond donors (Lipinski definition) is 2. The predicted octanol–water partition coefficient (Wildman–Crippen LogP) is 1.40. The lowest BCUT2D eigenvalue weighted by Gasteiger charge is -2.36. The zero-order valence-corrected chi connectivity index (χ0v) is 17.3. The van der Waals surface area contributed by atoms with Crippen LogP contribution in [0, 0.1) is 5.92 Å². The Hall–Kier alpha value is -1.32. The first-order valence-electron chi connectivity index (χ1n) is 8.98. The van der Waals surface area contributed by atoms with Gasteiger partial charge in [-0.2, -0.15) is 11.8 Å². The van der Waals surface area contributed by atoms with Crippen LogP contribution in [0.15, 0.2) is 34.4 Å². The maximum Gasteiger partial charge on any atom is 0.242 e. The van der Waals surface area contributed by atoms with Gasteiger partial charge in [0.05, 0.1) is 6.54 Å². The number of nitrogens with one attached hydrogen (secondary N) is 2. The molecule has 0 spiro atoms. The monoisotopic (exact) mass is 399 g/mol. The van der Waals surface area contributed by atoms with Gasteiger partial charge in [0.1, 0.15) is 4.90 Å². The molecule has 1 aliphatic rings. The van der Waals surface area contributed by atoms with Crippen molar-refractivity contribution in [1.82, 2.24) is 19.9 Å². The van der Waals surface area contributed by atoms with E-state index in [0.29, 0.717) is 17.7 Å². The number of aliphatic imine (C=N–C) groups is 1. The molecule has 0 saturated carbocycles. The van der Waals surface area contributed by atoms with Gasteiger partial charge < -0.3 is 10.2 Å². The second-order valence-electron chi connectivity index (χ2n) is 6.42. The van der Waals surface area contributed by atoms with E-state index < -0.39 is 10.0 Å². The number of rotatable bonds is 7. The lowest BCUT2D eigenvalue weighted by atomic mass is 10.1. The quantitative estimate of drug-likeness (QED) is 0.409. The summed E-state index contributed by atoms with van der Waals surface area (Å²) in [4.78, 5) is 10.9. The first-order valence-corrected chi connectivity index (χ1v) is 11.5. The van der Waals surface area contributed by atoms with E-state index in [4.69, 9.17) is 0 Å². The fourth-order valence-electron chi connectivity index (χ4n) is 2.63. The maximum absolute atomic E-state index is 12.2. The molecule has 0 aliphatic carbocycles. The molecule has 0 radical (unpaired) electrons. The Morgan fingerprint density at radius 3 is 2.96 bits per heavy atom. The molecule has 7 nitrogen and oxygen atoms in total. The summed E-state index contributed by atoms with van der Waals surface area (Å²) in [6, 6.07) is 3.13. The van der Waals surface area contributed by atoms with Crippen molar-refractivity contribution in [3.63, 3.8) is 0 Å². The smallest absolute Gasteiger partial charge is 0.242 e. The molecule has 0 amide bonds. The second-order valence-corrected chi connectivity index (χ2v) is 9.54. The highest BCUT2D eigenvalue weighted by molar-refractivity contribution is 8.00. The summed E-state index contributed by atoms with van der Waals surface area (Å²) in [5, 5.41) is 3.91. The maximum atomic E-state index is 12.2. The minimum absolute atomic E-state index is 0.170. The molecule has 1 aliphatic heterocycles. The highest BCUT2D eigenvalue weighted by atomic mass is 32.2. The van der Waals surface area contributed by atoms with E-state index in [-0.39, 0.29) is 11.4 Å². The summed E-state index contributed by atoms with van der Waals surface area (Å²) in [7, 11) is -3.53. The number of hydrogen-bond acceptors (Lipinski definition) is 5. The Balaban J connectivity index is 1.93. The SMILES string of the molecule is CCNC(=NCCNS(=O)(=O)c1cccnc1)N1CCSC(C(C)C)C1. The van der Waals surface area contributed by atoms with Crippen molar-refractivity contribution < 1.29 is 8.42 Å². The summed E-state index contributed by atoms with van der Waals surface area (Å²) >= 11 is 2.02. The van der Waals surface area contributed by atoms with Crippen LogP contribution in [0.5, 0.6) is 0 Å². The van der Waals surface area contributed by atoms with Crippen LogP contribution in [0.1, 0.15) is 20.8 Å². The van der Waals surface area contributed by atoms with Crippen molar-refractivity contribution in [2.45, 2.75) is 30.9 Å². The largest absolute Gasteiger partial charge is 0.357 e. The van der Waals surface area contributed by atoms with Crippen LogP contribution in [0.25, 0.3) is 0 Å². The molecule has 0 bridgehead atoms. The standard InChI is InChI=1S/C17H29N5O2S2/c1-4-19-17(22-10-11-25-16(13-22)14(2)3)20-8-9-21-26(23,24)15-6-5-7-18-12-15/h5-7,12,14,16,21H,4,8-11,13H2,1-3H3,(H,19,20).